The summed E-state index contributed by atoms with van der Waals surface area (Å²) in [4.78, 5) is 8.79. The fraction of sp³-hybridized carbons (Fsp3) is 0.200. The van der Waals surface area contributed by atoms with E-state index in [-0.39, 0.29) is 5.69 Å². The molecule has 4 heterocycles. The number of aromatic amines is 1. The van der Waals surface area contributed by atoms with E-state index in [1.165, 1.54) is 17.1 Å². The third-order valence-electron chi connectivity index (χ3n) is 3.58. The van der Waals surface area contributed by atoms with Gasteiger partial charge in [0.05, 0.1) is 31.8 Å². The van der Waals surface area contributed by atoms with Gasteiger partial charge < -0.3 is 14.5 Å². The first-order valence-electron chi connectivity index (χ1n) is 7.48. The molecule has 2 N–H and O–H groups in total. The summed E-state index contributed by atoms with van der Waals surface area (Å²) in [6.45, 7) is 0.671. The van der Waals surface area contributed by atoms with Crippen LogP contribution in [0, 0.1) is 5.95 Å². The minimum Gasteiger partial charge on any atom is -0.461 e. The number of nitrogens with one attached hydrogen (secondary N) is 2. The molecule has 9 nitrogen and oxygen atoms in total. The van der Waals surface area contributed by atoms with Gasteiger partial charge in [-0.1, -0.05) is 0 Å². The fourth-order valence-electron chi connectivity index (χ4n) is 2.36. The average molecular weight is 343 g/mol. The maximum Gasteiger partial charge on any atom is 0.235 e. The first kappa shape index (κ1) is 15.3. The SMILES string of the molecule is COCCn1ncc(Nc2nc(-c3ccco3)nc3cn[nH]c23)c1F. The van der Waals surface area contributed by atoms with Gasteiger partial charge in [-0.05, 0) is 12.1 Å². The van der Waals surface area contributed by atoms with E-state index in [0.29, 0.717) is 41.6 Å². The highest BCUT2D eigenvalue weighted by Gasteiger charge is 2.16. The van der Waals surface area contributed by atoms with Crippen molar-refractivity contribution in [1.82, 2.24) is 29.9 Å². The largest absolute Gasteiger partial charge is 0.461 e. The molecular formula is C15H14FN7O2. The second-order valence-corrected chi connectivity index (χ2v) is 5.19. The second kappa shape index (κ2) is 6.32. The molecule has 0 saturated heterocycles. The third-order valence-corrected chi connectivity index (χ3v) is 3.58. The molecule has 0 amide bonds. The predicted octanol–water partition coefficient (Wildman–Crippen LogP) is 2.34. The number of rotatable bonds is 6. The lowest BCUT2D eigenvalue weighted by Gasteiger charge is -2.06. The first-order chi connectivity index (χ1) is 12.3. The molecule has 0 atom stereocenters. The molecule has 4 aromatic heterocycles. The number of hydrogen-bond donors (Lipinski definition) is 2. The van der Waals surface area contributed by atoms with Crippen LogP contribution in [0.2, 0.25) is 0 Å². The number of H-pyrrole nitrogens is 1. The van der Waals surface area contributed by atoms with Crippen LogP contribution in [0.5, 0.6) is 0 Å². The lowest BCUT2D eigenvalue weighted by molar-refractivity contribution is 0.178. The van der Waals surface area contributed by atoms with Crippen LogP contribution in [0.3, 0.4) is 0 Å². The molecule has 25 heavy (non-hydrogen) atoms. The van der Waals surface area contributed by atoms with Crippen molar-refractivity contribution in [3.8, 4) is 11.6 Å². The molecular weight excluding hydrogens is 329 g/mol. The number of hydrogen-bond acceptors (Lipinski definition) is 7. The standard InChI is InChI=1S/C15H14FN7O2/c1-24-6-4-23-13(16)10(8-18-23)20-15-12-9(7-17-22-12)19-14(21-15)11-3-2-5-25-11/h2-3,5,7-8H,4,6H2,1H3,(H,17,22)(H,19,20,21). The minimum absolute atomic E-state index is 0.191. The van der Waals surface area contributed by atoms with Gasteiger partial charge >= 0.3 is 0 Å². The summed E-state index contributed by atoms with van der Waals surface area (Å²) in [7, 11) is 1.55. The Hall–Kier alpha value is -3.27. The number of furan rings is 1. The van der Waals surface area contributed by atoms with E-state index in [0.717, 1.165) is 0 Å². The summed E-state index contributed by atoms with van der Waals surface area (Å²) in [5.41, 5.74) is 1.33. The number of aromatic nitrogens is 6. The molecule has 0 aliphatic carbocycles. The van der Waals surface area contributed by atoms with Crippen LogP contribution >= 0.6 is 0 Å². The molecule has 4 rings (SSSR count). The molecule has 0 aromatic carbocycles. The van der Waals surface area contributed by atoms with Crippen LogP contribution in [0.15, 0.2) is 35.2 Å². The zero-order valence-electron chi connectivity index (χ0n) is 13.2. The Labute approximate surface area is 140 Å². The zero-order valence-corrected chi connectivity index (χ0v) is 13.2. The molecule has 0 radical (unpaired) electrons. The van der Waals surface area contributed by atoms with Crippen molar-refractivity contribution in [1.29, 1.82) is 0 Å². The number of anilines is 2. The van der Waals surface area contributed by atoms with Gasteiger partial charge in [0.25, 0.3) is 0 Å². The maximum absolute atomic E-state index is 14.4. The normalized spacial score (nSPS) is 11.3. The van der Waals surface area contributed by atoms with Crippen LogP contribution in [-0.2, 0) is 11.3 Å². The lowest BCUT2D eigenvalue weighted by Crippen LogP contribution is -2.08. The molecule has 0 spiro atoms. The van der Waals surface area contributed by atoms with E-state index < -0.39 is 5.95 Å². The van der Waals surface area contributed by atoms with Crippen molar-refractivity contribution in [2.24, 2.45) is 0 Å². The van der Waals surface area contributed by atoms with E-state index in [9.17, 15) is 4.39 Å². The van der Waals surface area contributed by atoms with E-state index in [4.69, 9.17) is 9.15 Å². The van der Waals surface area contributed by atoms with Gasteiger partial charge in [-0.15, -0.1) is 0 Å². The van der Waals surface area contributed by atoms with E-state index in [1.54, 1.807) is 25.4 Å². The van der Waals surface area contributed by atoms with Crippen molar-refractivity contribution >= 4 is 22.5 Å². The summed E-state index contributed by atoms with van der Waals surface area (Å²) < 4.78 is 25.9. The lowest BCUT2D eigenvalue weighted by atomic mass is 10.3. The Kier molecular flexibility index (Phi) is 3.86. The van der Waals surface area contributed by atoms with Crippen molar-refractivity contribution in [2.75, 3.05) is 19.0 Å². The zero-order chi connectivity index (χ0) is 17.2. The van der Waals surface area contributed by atoms with E-state index in [2.05, 4.69) is 30.6 Å². The van der Waals surface area contributed by atoms with Gasteiger partial charge in [-0.3, -0.25) is 5.10 Å². The van der Waals surface area contributed by atoms with Crippen LogP contribution in [-0.4, -0.2) is 43.7 Å². The Morgan fingerprint density at radius 2 is 2.28 bits per heavy atom. The Bertz CT molecular complexity index is 993. The monoisotopic (exact) mass is 343 g/mol. The summed E-state index contributed by atoms with van der Waals surface area (Å²) in [5.74, 6) is 0.734. The van der Waals surface area contributed by atoms with Gasteiger partial charge in [0.1, 0.15) is 16.7 Å². The van der Waals surface area contributed by atoms with Crippen LogP contribution in [0.4, 0.5) is 15.9 Å². The summed E-state index contributed by atoms with van der Waals surface area (Å²) >= 11 is 0. The number of halogens is 1. The molecule has 10 heteroatoms. The Balaban J connectivity index is 1.72. The van der Waals surface area contributed by atoms with Crippen LogP contribution in [0.25, 0.3) is 22.6 Å². The van der Waals surface area contributed by atoms with Crippen molar-refractivity contribution in [3.63, 3.8) is 0 Å². The highest BCUT2D eigenvalue weighted by Crippen LogP contribution is 2.26. The fourth-order valence-corrected chi connectivity index (χ4v) is 2.36. The number of methoxy groups -OCH3 is 1. The predicted molar refractivity (Wildman–Crippen MR) is 86.7 cm³/mol. The van der Waals surface area contributed by atoms with Gasteiger partial charge in [-0.25, -0.2) is 14.6 Å². The highest BCUT2D eigenvalue weighted by molar-refractivity contribution is 5.88. The average Bonchev–Trinajstić information content (AvgIpc) is 3.35. The Morgan fingerprint density at radius 3 is 3.08 bits per heavy atom. The van der Waals surface area contributed by atoms with Crippen LogP contribution < -0.4 is 5.32 Å². The summed E-state index contributed by atoms with van der Waals surface area (Å²) in [6, 6.07) is 3.49. The van der Waals surface area contributed by atoms with E-state index in [1.807, 2.05) is 0 Å². The van der Waals surface area contributed by atoms with Gasteiger partial charge in [0.2, 0.25) is 5.95 Å². The molecule has 4 aromatic rings. The molecule has 0 fully saturated rings. The third kappa shape index (κ3) is 2.83. The highest BCUT2D eigenvalue weighted by atomic mass is 19.1. The number of fused-ring (bicyclic) bond motifs is 1. The number of nitrogens with zero attached hydrogens (tertiary/aromatic N) is 5. The van der Waals surface area contributed by atoms with Crippen molar-refractivity contribution in [2.45, 2.75) is 6.54 Å². The van der Waals surface area contributed by atoms with Gasteiger partial charge in [0.15, 0.2) is 17.4 Å². The molecule has 128 valence electrons. The van der Waals surface area contributed by atoms with E-state index >= 15 is 0 Å². The van der Waals surface area contributed by atoms with Gasteiger partial charge in [0, 0.05) is 7.11 Å². The topological polar surface area (TPSA) is 107 Å². The Morgan fingerprint density at radius 1 is 1.36 bits per heavy atom. The molecule has 0 saturated carbocycles. The first-order valence-corrected chi connectivity index (χ1v) is 7.48. The minimum atomic E-state index is -0.511. The van der Waals surface area contributed by atoms with Crippen molar-refractivity contribution in [3.05, 3.63) is 36.7 Å². The van der Waals surface area contributed by atoms with Crippen LogP contribution in [0.1, 0.15) is 0 Å². The molecule has 0 unspecified atom stereocenters. The number of ether oxygens (including phenoxy) is 1. The summed E-state index contributed by atoms with van der Waals surface area (Å²) in [6.07, 6.45) is 4.49. The molecule has 0 aliphatic heterocycles. The molecule has 0 bridgehead atoms. The van der Waals surface area contributed by atoms with Gasteiger partial charge in [-0.2, -0.15) is 14.6 Å². The molecule has 0 aliphatic rings. The maximum atomic E-state index is 14.4. The summed E-state index contributed by atoms with van der Waals surface area (Å²) in [5, 5.41) is 13.7. The smallest absolute Gasteiger partial charge is 0.235 e. The quantitative estimate of drug-likeness (QED) is 0.553. The second-order valence-electron chi connectivity index (χ2n) is 5.19. The van der Waals surface area contributed by atoms with Crippen molar-refractivity contribution < 1.29 is 13.5 Å².